The van der Waals surface area contributed by atoms with Crippen molar-refractivity contribution in [2.45, 2.75) is 32.2 Å². The van der Waals surface area contributed by atoms with Gasteiger partial charge in [-0.25, -0.2) is 4.39 Å². The van der Waals surface area contributed by atoms with E-state index in [1.165, 1.54) is 11.0 Å². The van der Waals surface area contributed by atoms with Gasteiger partial charge in [0.2, 0.25) is 11.8 Å². The van der Waals surface area contributed by atoms with Crippen LogP contribution in [-0.4, -0.2) is 53.2 Å². The normalized spacial score (nSPS) is 17.7. The maximum Gasteiger partial charge on any atom is 0.256 e. The van der Waals surface area contributed by atoms with Gasteiger partial charge in [0.05, 0.1) is 23.2 Å². The molecule has 2 aliphatic heterocycles. The molecule has 3 amide bonds. The first kappa shape index (κ1) is 23.7. The molecule has 184 valence electrons. The van der Waals surface area contributed by atoms with Gasteiger partial charge in [0.25, 0.3) is 5.91 Å². The molecular weight excluding hydrogens is 457 g/mol. The third-order valence-electron chi connectivity index (χ3n) is 7.20. The summed E-state index contributed by atoms with van der Waals surface area (Å²) in [6, 6.07) is 18.6. The average Bonchev–Trinajstić information content (AvgIpc) is 2.98. The van der Waals surface area contributed by atoms with Gasteiger partial charge >= 0.3 is 0 Å². The molecule has 1 N–H and O–H groups in total. The number of rotatable bonds is 3. The van der Waals surface area contributed by atoms with Crippen LogP contribution in [-0.2, 0) is 15.0 Å². The fraction of sp³-hybridized carbons (Fsp3) is 0.276. The van der Waals surface area contributed by atoms with Crippen molar-refractivity contribution in [1.82, 2.24) is 9.80 Å². The number of anilines is 1. The number of hydrogen-bond donors (Lipinski definition) is 1. The van der Waals surface area contributed by atoms with E-state index in [4.69, 9.17) is 0 Å². The van der Waals surface area contributed by atoms with E-state index in [1.807, 2.05) is 57.2 Å². The van der Waals surface area contributed by atoms with Gasteiger partial charge in [-0.2, -0.15) is 0 Å². The van der Waals surface area contributed by atoms with Crippen LogP contribution in [0.5, 0.6) is 0 Å². The van der Waals surface area contributed by atoms with Crippen LogP contribution in [0.15, 0.2) is 66.7 Å². The van der Waals surface area contributed by atoms with Crippen LogP contribution >= 0.6 is 0 Å². The molecule has 0 saturated carbocycles. The molecule has 36 heavy (non-hydrogen) atoms. The number of carbonyl (C=O) groups is 3. The van der Waals surface area contributed by atoms with Crippen LogP contribution < -0.4 is 5.32 Å². The van der Waals surface area contributed by atoms with E-state index < -0.39 is 11.5 Å². The minimum Gasteiger partial charge on any atom is -0.338 e. The molecule has 0 aliphatic carbocycles. The van der Waals surface area contributed by atoms with E-state index in [9.17, 15) is 18.8 Å². The van der Waals surface area contributed by atoms with E-state index in [0.29, 0.717) is 28.9 Å². The van der Waals surface area contributed by atoms with Crippen molar-refractivity contribution in [2.24, 2.45) is 0 Å². The van der Waals surface area contributed by atoms with Gasteiger partial charge in [-0.05, 0) is 55.7 Å². The fourth-order valence-electron chi connectivity index (χ4n) is 5.03. The Morgan fingerprint density at radius 3 is 2.44 bits per heavy atom. The number of aryl methyl sites for hydroxylation is 1. The summed E-state index contributed by atoms with van der Waals surface area (Å²) in [7, 11) is 0. The second kappa shape index (κ2) is 8.90. The van der Waals surface area contributed by atoms with Gasteiger partial charge in [-0.1, -0.05) is 48.5 Å². The quantitative estimate of drug-likeness (QED) is 0.599. The lowest BCUT2D eigenvalue weighted by Gasteiger charge is -2.42. The number of carbonyl (C=O) groups excluding carboxylic acids is 3. The summed E-state index contributed by atoms with van der Waals surface area (Å²) in [4.78, 5) is 43.5. The van der Waals surface area contributed by atoms with Crippen molar-refractivity contribution < 1.29 is 18.8 Å². The molecule has 1 atom stereocenters. The topological polar surface area (TPSA) is 69.7 Å². The van der Waals surface area contributed by atoms with E-state index in [1.54, 1.807) is 29.2 Å². The van der Waals surface area contributed by atoms with Crippen LogP contribution in [0, 0.1) is 12.7 Å². The first-order valence-electron chi connectivity index (χ1n) is 12.0. The number of halogens is 1. The standard InChI is InChI=1S/C29H28FN3O3/c1-18-9-11-21(23(30)15-18)19-10-12-24-22(16-19)27(35)33-14-13-32(17-25(33)26(34)31-24)28(36)29(2,3)20-7-5-4-6-8-20/h4-12,15-16,25H,13-14,17H2,1-3H3,(H,31,34). The van der Waals surface area contributed by atoms with Crippen molar-refractivity contribution in [3.8, 4) is 11.1 Å². The molecule has 7 heteroatoms. The first-order chi connectivity index (χ1) is 17.2. The molecular formula is C29H28FN3O3. The number of hydrogen-bond acceptors (Lipinski definition) is 3. The number of piperazine rings is 1. The maximum absolute atomic E-state index is 14.6. The molecule has 2 aliphatic rings. The molecule has 0 aromatic heterocycles. The summed E-state index contributed by atoms with van der Waals surface area (Å²) in [5.74, 6) is -1.11. The largest absolute Gasteiger partial charge is 0.338 e. The highest BCUT2D eigenvalue weighted by atomic mass is 19.1. The van der Waals surface area contributed by atoms with E-state index >= 15 is 0 Å². The summed E-state index contributed by atoms with van der Waals surface area (Å²) in [6.45, 7) is 6.23. The third-order valence-corrected chi connectivity index (χ3v) is 7.20. The highest BCUT2D eigenvalue weighted by molar-refractivity contribution is 6.11. The monoisotopic (exact) mass is 485 g/mol. The van der Waals surface area contributed by atoms with Crippen molar-refractivity contribution in [2.75, 3.05) is 25.0 Å². The van der Waals surface area contributed by atoms with Crippen LogP contribution in [0.1, 0.15) is 35.3 Å². The third kappa shape index (κ3) is 4.04. The number of amides is 3. The Bertz CT molecular complexity index is 1370. The predicted molar refractivity (Wildman–Crippen MR) is 136 cm³/mol. The molecule has 1 saturated heterocycles. The lowest BCUT2D eigenvalue weighted by atomic mass is 9.83. The Labute approximate surface area is 209 Å². The molecule has 0 spiro atoms. The summed E-state index contributed by atoms with van der Waals surface area (Å²) >= 11 is 0. The lowest BCUT2D eigenvalue weighted by Crippen LogP contribution is -2.61. The minimum absolute atomic E-state index is 0.0903. The van der Waals surface area contributed by atoms with Gasteiger partial charge in [-0.15, -0.1) is 0 Å². The maximum atomic E-state index is 14.6. The average molecular weight is 486 g/mol. The van der Waals surface area contributed by atoms with E-state index in [0.717, 1.165) is 11.1 Å². The Morgan fingerprint density at radius 1 is 0.972 bits per heavy atom. The van der Waals surface area contributed by atoms with E-state index in [-0.39, 0.29) is 36.6 Å². The number of nitrogens with one attached hydrogen (secondary N) is 1. The van der Waals surface area contributed by atoms with Gasteiger partial charge in [0.1, 0.15) is 11.9 Å². The molecule has 6 nitrogen and oxygen atoms in total. The predicted octanol–water partition coefficient (Wildman–Crippen LogP) is 4.38. The smallest absolute Gasteiger partial charge is 0.256 e. The second-order valence-electron chi connectivity index (χ2n) is 9.99. The van der Waals surface area contributed by atoms with Crippen molar-refractivity contribution in [3.05, 3.63) is 89.2 Å². The van der Waals surface area contributed by atoms with Crippen LogP contribution in [0.2, 0.25) is 0 Å². The van der Waals surface area contributed by atoms with Crippen LogP contribution in [0.4, 0.5) is 10.1 Å². The minimum atomic E-state index is -0.811. The summed E-state index contributed by atoms with van der Waals surface area (Å²) in [5, 5.41) is 2.85. The molecule has 0 radical (unpaired) electrons. The molecule has 0 bridgehead atoms. The summed E-state index contributed by atoms with van der Waals surface area (Å²) < 4.78 is 14.6. The van der Waals surface area contributed by atoms with E-state index in [2.05, 4.69) is 5.32 Å². The Balaban J connectivity index is 1.42. The van der Waals surface area contributed by atoms with Gasteiger partial charge in [-0.3, -0.25) is 14.4 Å². The van der Waals surface area contributed by atoms with Crippen LogP contribution in [0.25, 0.3) is 11.1 Å². The highest BCUT2D eigenvalue weighted by Gasteiger charge is 2.43. The van der Waals surface area contributed by atoms with Crippen molar-refractivity contribution in [3.63, 3.8) is 0 Å². The Morgan fingerprint density at radius 2 is 1.72 bits per heavy atom. The summed E-state index contributed by atoms with van der Waals surface area (Å²) in [6.07, 6.45) is 0. The molecule has 2 heterocycles. The SMILES string of the molecule is Cc1ccc(-c2ccc3c(c2)C(=O)N2CCN(C(=O)C(C)(C)c4ccccc4)CC2C(=O)N3)c(F)c1. The van der Waals surface area contributed by atoms with Gasteiger partial charge < -0.3 is 15.1 Å². The first-order valence-corrected chi connectivity index (χ1v) is 12.0. The summed E-state index contributed by atoms with van der Waals surface area (Å²) in [5.41, 5.74) is 2.57. The molecule has 3 aromatic rings. The van der Waals surface area contributed by atoms with Crippen LogP contribution in [0.3, 0.4) is 0 Å². The number of benzene rings is 3. The van der Waals surface area contributed by atoms with Crippen molar-refractivity contribution >= 4 is 23.4 Å². The van der Waals surface area contributed by atoms with Gasteiger partial charge in [0, 0.05) is 18.7 Å². The number of fused-ring (bicyclic) bond motifs is 2. The molecule has 1 unspecified atom stereocenters. The Kier molecular flexibility index (Phi) is 5.86. The second-order valence-corrected chi connectivity index (χ2v) is 9.99. The zero-order valence-corrected chi connectivity index (χ0v) is 20.5. The molecule has 3 aromatic carbocycles. The Hall–Kier alpha value is -4.00. The zero-order valence-electron chi connectivity index (χ0n) is 20.5. The zero-order chi connectivity index (χ0) is 25.6. The van der Waals surface area contributed by atoms with Gasteiger partial charge in [0.15, 0.2) is 0 Å². The fourth-order valence-corrected chi connectivity index (χ4v) is 5.03. The highest BCUT2D eigenvalue weighted by Crippen LogP contribution is 2.33. The molecule has 5 rings (SSSR count). The molecule has 1 fully saturated rings. The van der Waals surface area contributed by atoms with Crippen molar-refractivity contribution in [1.29, 1.82) is 0 Å². The lowest BCUT2D eigenvalue weighted by molar-refractivity contribution is -0.140. The number of nitrogens with zero attached hydrogens (tertiary/aromatic N) is 2.